The van der Waals surface area contributed by atoms with Gasteiger partial charge in [0.2, 0.25) is 0 Å². The predicted molar refractivity (Wildman–Crippen MR) is 326 cm³/mol. The lowest BCUT2D eigenvalue weighted by Gasteiger charge is -2.23. The first-order chi connectivity index (χ1) is 39.3. The Morgan fingerprint density at radius 2 is 0.634 bits per heavy atom. The number of nitrogens with zero attached hydrogens (tertiary/aromatic N) is 2. The van der Waals surface area contributed by atoms with Crippen LogP contribution in [0.25, 0.3) is 0 Å². The van der Waals surface area contributed by atoms with E-state index < -0.39 is 36.4 Å². The summed E-state index contributed by atoms with van der Waals surface area (Å²) in [4.78, 5) is 73.6. The molecule has 0 aliphatic rings. The Kier molecular flexibility index (Phi) is 50.2. The zero-order valence-corrected chi connectivity index (χ0v) is 53.4. The van der Waals surface area contributed by atoms with Crippen LogP contribution in [-0.4, -0.2) is 161 Å². The zero-order chi connectivity index (χ0) is 61.0. The molecule has 0 aromatic heterocycles. The second-order valence-corrected chi connectivity index (χ2v) is 24.7. The van der Waals surface area contributed by atoms with Gasteiger partial charge in [-0.05, 0) is 103 Å². The molecule has 4 unspecified atom stereocenters. The lowest BCUT2D eigenvalue weighted by atomic mass is 10.0. The van der Waals surface area contributed by atoms with Crippen LogP contribution >= 0.6 is 0 Å². The molecule has 16 nitrogen and oxygen atoms in total. The molecular weight excluding hydrogens is 1040 g/mol. The smallest absolute Gasteiger partial charge is 0.306 e. The number of hydrogen-bond acceptors (Lipinski definition) is 14. The molecule has 0 fully saturated rings. The largest absolute Gasteiger partial charge is 0.466 e. The fourth-order valence-corrected chi connectivity index (χ4v) is 8.99. The van der Waals surface area contributed by atoms with Crippen LogP contribution in [0.3, 0.4) is 0 Å². The Bertz CT molecular complexity index is 1550. The van der Waals surface area contributed by atoms with Gasteiger partial charge in [0, 0.05) is 38.5 Å². The fraction of sp³-hybridized carbons (Fsp3) is 0.848. The summed E-state index contributed by atoms with van der Waals surface area (Å²) in [6, 6.07) is 0. The number of carbonyl (C=O) groups excluding carboxylic acids is 6. The van der Waals surface area contributed by atoms with E-state index in [2.05, 4.69) is 26.0 Å². The van der Waals surface area contributed by atoms with Crippen molar-refractivity contribution < 1.29 is 76.4 Å². The van der Waals surface area contributed by atoms with Crippen LogP contribution in [0.1, 0.15) is 258 Å². The maximum absolute atomic E-state index is 12.6. The third kappa shape index (κ3) is 54.1. The number of aliphatic hydroxyl groups excluding tert-OH is 2. The van der Waals surface area contributed by atoms with E-state index in [1.54, 1.807) is 0 Å². The molecule has 0 radical (unpaired) electrons. The molecule has 0 aliphatic heterocycles. The molecule has 0 aromatic carbocycles. The van der Waals surface area contributed by atoms with Crippen LogP contribution in [0.2, 0.25) is 0 Å². The average molecular weight is 1170 g/mol. The van der Waals surface area contributed by atoms with Gasteiger partial charge >= 0.3 is 35.8 Å². The summed E-state index contributed by atoms with van der Waals surface area (Å²) in [6.45, 7) is 7.33. The van der Waals surface area contributed by atoms with Crippen molar-refractivity contribution in [1.82, 2.24) is 0 Å². The van der Waals surface area contributed by atoms with Crippen LogP contribution in [0, 0.1) is 0 Å². The molecule has 4 atom stereocenters. The van der Waals surface area contributed by atoms with Crippen LogP contribution in [0.4, 0.5) is 0 Å². The normalized spacial score (nSPS) is 13.4. The van der Waals surface area contributed by atoms with Gasteiger partial charge in [-0.25, -0.2) is 0 Å². The van der Waals surface area contributed by atoms with Gasteiger partial charge in [0.25, 0.3) is 0 Å². The van der Waals surface area contributed by atoms with Crippen molar-refractivity contribution in [2.24, 2.45) is 0 Å². The molecule has 0 aliphatic carbocycles. The average Bonchev–Trinajstić information content (AvgIpc) is 3.41. The van der Waals surface area contributed by atoms with Crippen molar-refractivity contribution in [2.45, 2.75) is 282 Å². The summed E-state index contributed by atoms with van der Waals surface area (Å²) >= 11 is 0. The number of unbranched alkanes of at least 4 members (excludes halogenated alkanes) is 21. The van der Waals surface area contributed by atoms with Crippen LogP contribution < -0.4 is 0 Å². The fourth-order valence-electron chi connectivity index (χ4n) is 8.99. The minimum Gasteiger partial charge on any atom is -0.466 e. The third-order valence-electron chi connectivity index (χ3n) is 14.3. The molecule has 2 N–H and O–H groups in total. The summed E-state index contributed by atoms with van der Waals surface area (Å²) in [5, 5.41) is 21.7. The number of aliphatic hydroxyl groups is 2. The number of allylic oxidation sites excluding steroid dienone is 2. The highest BCUT2D eigenvalue weighted by molar-refractivity contribution is 5.73. The molecular formula is C66H122N2O14+2. The summed E-state index contributed by atoms with van der Waals surface area (Å²) in [6.07, 6.45) is 35.8. The number of likely N-dealkylation sites (N-methyl/N-ethyl adjacent to an activating group) is 2. The van der Waals surface area contributed by atoms with Gasteiger partial charge in [-0.15, -0.1) is 0 Å². The van der Waals surface area contributed by atoms with Gasteiger partial charge in [-0.3, -0.25) is 28.8 Å². The molecule has 0 aromatic rings. The number of esters is 6. The number of carbonyl (C=O) groups is 6. The highest BCUT2D eigenvalue weighted by Gasteiger charge is 2.24. The Balaban J connectivity index is 3.88. The van der Waals surface area contributed by atoms with Gasteiger partial charge in [0.1, 0.15) is 38.5 Å². The first kappa shape index (κ1) is 78.1. The highest BCUT2D eigenvalue weighted by atomic mass is 16.6. The van der Waals surface area contributed by atoms with E-state index in [4.69, 9.17) is 28.4 Å². The van der Waals surface area contributed by atoms with Crippen LogP contribution in [-0.2, 0) is 57.2 Å². The molecule has 0 saturated heterocycles. The van der Waals surface area contributed by atoms with Crippen LogP contribution in [0.15, 0.2) is 24.3 Å². The van der Waals surface area contributed by atoms with Crippen molar-refractivity contribution in [2.75, 3.05) is 81.8 Å². The quantitative estimate of drug-likeness (QED) is 0.0192. The van der Waals surface area contributed by atoms with E-state index >= 15 is 0 Å². The van der Waals surface area contributed by atoms with Gasteiger partial charge in [0.05, 0.1) is 67.7 Å². The predicted octanol–water partition coefficient (Wildman–Crippen LogP) is 13.1. The Morgan fingerprint density at radius 3 is 0.976 bits per heavy atom. The second kappa shape index (κ2) is 52.7. The number of hydrogen-bond donors (Lipinski definition) is 2. The van der Waals surface area contributed by atoms with E-state index in [-0.39, 0.29) is 49.6 Å². The molecule has 0 spiro atoms. The Hall–Kier alpha value is -3.86. The standard InChI is InChI=1S/C66H122N2O14/c1-9-11-31-43-59(81-65(75)49-39-47-63(73)79-55-51-67(3,4)5)57(69)41-33-25-19-13-15-21-27-35-45-61(71)77-53-37-29-23-17-18-24-30-38-54-78-62(72)46-36-28-22-16-14-20-26-34-42-58(70)60(44-32-12-10-2)82-66(76)50-40-48-64(74)80-56-52-68(6,7)8/h25-26,33-34,57-60,69-70H,9-24,27-32,35-56H2,1-8H3/q+2/b33-25-,34-26-. The molecule has 0 amide bonds. The maximum atomic E-state index is 12.6. The van der Waals surface area contributed by atoms with Crippen molar-refractivity contribution in [3.63, 3.8) is 0 Å². The first-order valence-electron chi connectivity index (χ1n) is 32.5. The molecule has 16 heteroatoms. The first-order valence-corrected chi connectivity index (χ1v) is 32.5. The molecule has 0 rings (SSSR count). The number of ether oxygens (including phenoxy) is 6. The van der Waals surface area contributed by atoms with Gasteiger partial charge < -0.3 is 47.6 Å². The molecule has 0 heterocycles. The van der Waals surface area contributed by atoms with E-state index in [0.717, 1.165) is 180 Å². The molecule has 0 bridgehead atoms. The monoisotopic (exact) mass is 1170 g/mol. The van der Waals surface area contributed by atoms with Crippen molar-refractivity contribution >= 4 is 35.8 Å². The van der Waals surface area contributed by atoms with E-state index in [0.29, 0.717) is 86.8 Å². The molecule has 82 heavy (non-hydrogen) atoms. The minimum atomic E-state index is -0.772. The zero-order valence-electron chi connectivity index (χ0n) is 53.4. The topological polar surface area (TPSA) is 198 Å². The second-order valence-electron chi connectivity index (χ2n) is 24.7. The van der Waals surface area contributed by atoms with Gasteiger partial charge in [-0.2, -0.15) is 0 Å². The van der Waals surface area contributed by atoms with E-state index in [9.17, 15) is 39.0 Å². The van der Waals surface area contributed by atoms with E-state index in [1.165, 1.54) is 0 Å². The van der Waals surface area contributed by atoms with Crippen molar-refractivity contribution in [3.8, 4) is 0 Å². The highest BCUT2D eigenvalue weighted by Crippen LogP contribution is 2.19. The SMILES string of the molecule is CCCCCC(OC(=O)CCCC(=O)OCC[N+](C)(C)C)C(O)C/C=C\CCCCCCCC(=O)OCCCCCCCCCCOC(=O)CCCCCCC/C=C\CC(O)C(CCCCC)OC(=O)CCCC(=O)OCC[N+](C)(C)C. The number of quaternary nitrogens is 2. The summed E-state index contributed by atoms with van der Waals surface area (Å²) in [5.74, 6) is -1.62. The molecule has 478 valence electrons. The number of rotatable bonds is 57. The van der Waals surface area contributed by atoms with Gasteiger partial charge in [-0.1, -0.05) is 141 Å². The lowest BCUT2D eigenvalue weighted by molar-refractivity contribution is -0.870. The minimum absolute atomic E-state index is 0.109. The van der Waals surface area contributed by atoms with Crippen molar-refractivity contribution in [1.29, 1.82) is 0 Å². The van der Waals surface area contributed by atoms with Gasteiger partial charge in [0.15, 0.2) is 0 Å². The lowest BCUT2D eigenvalue weighted by Crippen LogP contribution is -2.38. The molecule has 0 saturated carbocycles. The van der Waals surface area contributed by atoms with Crippen LogP contribution in [0.5, 0.6) is 0 Å². The maximum Gasteiger partial charge on any atom is 0.306 e. The third-order valence-corrected chi connectivity index (χ3v) is 14.3. The summed E-state index contributed by atoms with van der Waals surface area (Å²) < 4.78 is 34.3. The van der Waals surface area contributed by atoms with Crippen molar-refractivity contribution in [3.05, 3.63) is 24.3 Å². The Labute approximate surface area is 498 Å². The Morgan fingerprint density at radius 1 is 0.341 bits per heavy atom. The van der Waals surface area contributed by atoms with E-state index in [1.807, 2.05) is 54.4 Å². The summed E-state index contributed by atoms with van der Waals surface area (Å²) in [7, 11) is 12.2. The summed E-state index contributed by atoms with van der Waals surface area (Å²) in [5.41, 5.74) is 0.